The molecule has 1 atom stereocenters. The van der Waals surface area contributed by atoms with Crippen LogP contribution in [0.25, 0.3) is 10.9 Å². The van der Waals surface area contributed by atoms with Gasteiger partial charge in [-0.15, -0.1) is 0 Å². The van der Waals surface area contributed by atoms with Crippen molar-refractivity contribution in [2.24, 2.45) is 0 Å². The van der Waals surface area contributed by atoms with Crippen molar-refractivity contribution >= 4 is 10.9 Å². The number of pyridine rings is 2. The third kappa shape index (κ3) is 2.65. The topological polar surface area (TPSA) is 37.8 Å². The van der Waals surface area contributed by atoms with Gasteiger partial charge in [0.15, 0.2) is 0 Å². The second-order valence-electron chi connectivity index (χ2n) is 5.40. The van der Waals surface area contributed by atoms with Crippen LogP contribution in [-0.2, 0) is 0 Å². The average molecular weight is 277 g/mol. The van der Waals surface area contributed by atoms with E-state index in [2.05, 4.69) is 54.5 Å². The van der Waals surface area contributed by atoms with E-state index in [1.54, 1.807) is 0 Å². The molecule has 0 amide bonds. The number of nitrogens with zero attached hydrogens (tertiary/aromatic N) is 2. The molecule has 21 heavy (non-hydrogen) atoms. The van der Waals surface area contributed by atoms with E-state index < -0.39 is 0 Å². The molecule has 0 saturated heterocycles. The lowest BCUT2D eigenvalue weighted by molar-refractivity contribution is 0.670. The van der Waals surface area contributed by atoms with Gasteiger partial charge in [-0.1, -0.05) is 24.3 Å². The van der Waals surface area contributed by atoms with Crippen molar-refractivity contribution in [2.75, 3.05) is 7.05 Å². The molecule has 0 radical (unpaired) electrons. The summed E-state index contributed by atoms with van der Waals surface area (Å²) in [5.74, 6) is 0. The zero-order valence-corrected chi connectivity index (χ0v) is 12.6. The van der Waals surface area contributed by atoms with Crippen LogP contribution in [0.4, 0.5) is 0 Å². The molecule has 1 N–H and O–H groups in total. The monoisotopic (exact) mass is 277 g/mol. The molecule has 3 heteroatoms. The fourth-order valence-electron chi connectivity index (χ4n) is 2.74. The smallest absolute Gasteiger partial charge is 0.0764 e. The minimum Gasteiger partial charge on any atom is -0.308 e. The maximum absolute atomic E-state index is 4.82. The van der Waals surface area contributed by atoms with Gasteiger partial charge >= 0.3 is 0 Å². The zero-order chi connectivity index (χ0) is 14.8. The molecule has 0 spiro atoms. The quantitative estimate of drug-likeness (QED) is 0.795. The van der Waals surface area contributed by atoms with Crippen molar-refractivity contribution in [3.8, 4) is 0 Å². The van der Waals surface area contributed by atoms with Crippen molar-refractivity contribution in [3.05, 3.63) is 71.2 Å². The third-order valence-corrected chi connectivity index (χ3v) is 3.76. The average Bonchev–Trinajstić information content (AvgIpc) is 2.48. The van der Waals surface area contributed by atoms with Gasteiger partial charge in [0.1, 0.15) is 0 Å². The summed E-state index contributed by atoms with van der Waals surface area (Å²) in [6.45, 7) is 4.19. The van der Waals surface area contributed by atoms with Crippen molar-refractivity contribution < 1.29 is 0 Å². The molecule has 0 aliphatic rings. The molecule has 0 bridgehead atoms. The highest BCUT2D eigenvalue weighted by molar-refractivity contribution is 5.82. The van der Waals surface area contributed by atoms with E-state index in [-0.39, 0.29) is 6.04 Å². The molecular formula is C18H19N3. The summed E-state index contributed by atoms with van der Waals surface area (Å²) in [6.07, 6.45) is 3.77. The first-order valence-electron chi connectivity index (χ1n) is 7.14. The Balaban J connectivity index is 2.13. The molecule has 2 heterocycles. The number of aryl methyl sites for hydroxylation is 2. The number of para-hydroxylation sites is 1. The lowest BCUT2D eigenvalue weighted by Gasteiger charge is -2.18. The van der Waals surface area contributed by atoms with Crippen LogP contribution in [0.15, 0.2) is 48.8 Å². The lowest BCUT2D eigenvalue weighted by Crippen LogP contribution is -2.19. The van der Waals surface area contributed by atoms with Crippen LogP contribution in [0, 0.1) is 13.8 Å². The van der Waals surface area contributed by atoms with Gasteiger partial charge in [-0.3, -0.25) is 9.97 Å². The highest BCUT2D eigenvalue weighted by atomic mass is 14.9. The summed E-state index contributed by atoms with van der Waals surface area (Å²) in [6, 6.07) is 12.6. The first kappa shape index (κ1) is 13.7. The predicted octanol–water partition coefficient (Wildman–Crippen LogP) is 3.56. The molecule has 0 saturated carbocycles. The van der Waals surface area contributed by atoms with E-state index >= 15 is 0 Å². The highest BCUT2D eigenvalue weighted by Crippen LogP contribution is 2.25. The van der Waals surface area contributed by atoms with Crippen molar-refractivity contribution in [1.29, 1.82) is 0 Å². The number of hydrogen-bond acceptors (Lipinski definition) is 3. The second kappa shape index (κ2) is 5.62. The standard InChI is InChI=1S/C18H19N3/c1-12-8-14(11-20-10-12)18(19-3)17-9-13(2)15-6-4-5-7-16(15)21-17/h4-11,18-19H,1-3H3. The first-order chi connectivity index (χ1) is 10.2. The largest absolute Gasteiger partial charge is 0.308 e. The molecule has 0 fully saturated rings. The van der Waals surface area contributed by atoms with Crippen LogP contribution in [0.1, 0.15) is 28.4 Å². The normalized spacial score (nSPS) is 12.5. The zero-order valence-electron chi connectivity index (χ0n) is 12.6. The van der Waals surface area contributed by atoms with Crippen LogP contribution >= 0.6 is 0 Å². The summed E-state index contributed by atoms with van der Waals surface area (Å²) in [4.78, 5) is 9.12. The van der Waals surface area contributed by atoms with Gasteiger partial charge in [-0.25, -0.2) is 0 Å². The maximum atomic E-state index is 4.82. The van der Waals surface area contributed by atoms with Crippen LogP contribution in [0.2, 0.25) is 0 Å². The molecule has 2 aromatic heterocycles. The van der Waals surface area contributed by atoms with Gasteiger partial charge in [-0.05, 0) is 49.7 Å². The molecular weight excluding hydrogens is 258 g/mol. The third-order valence-electron chi connectivity index (χ3n) is 3.76. The Hall–Kier alpha value is -2.26. The number of fused-ring (bicyclic) bond motifs is 1. The Labute approximate surface area is 125 Å². The second-order valence-corrected chi connectivity index (χ2v) is 5.40. The van der Waals surface area contributed by atoms with Crippen LogP contribution in [-0.4, -0.2) is 17.0 Å². The SMILES string of the molecule is CNC(c1cncc(C)c1)c1cc(C)c2ccccc2n1. The molecule has 0 aliphatic heterocycles. The number of hydrogen-bond donors (Lipinski definition) is 1. The molecule has 1 aromatic carbocycles. The Kier molecular flexibility index (Phi) is 3.67. The molecule has 106 valence electrons. The highest BCUT2D eigenvalue weighted by Gasteiger charge is 2.15. The van der Waals surface area contributed by atoms with Crippen LogP contribution in [0.3, 0.4) is 0 Å². The van der Waals surface area contributed by atoms with Crippen LogP contribution in [0.5, 0.6) is 0 Å². The molecule has 0 aliphatic carbocycles. The van der Waals surface area contributed by atoms with Crippen molar-refractivity contribution in [2.45, 2.75) is 19.9 Å². The minimum atomic E-state index is 0.0562. The van der Waals surface area contributed by atoms with Gasteiger partial charge in [-0.2, -0.15) is 0 Å². The van der Waals surface area contributed by atoms with E-state index in [0.717, 1.165) is 22.3 Å². The maximum Gasteiger partial charge on any atom is 0.0764 e. The van der Waals surface area contributed by atoms with Crippen molar-refractivity contribution in [1.82, 2.24) is 15.3 Å². The van der Waals surface area contributed by atoms with E-state index in [0.29, 0.717) is 0 Å². The minimum absolute atomic E-state index is 0.0562. The Morgan fingerprint density at radius 1 is 1.05 bits per heavy atom. The summed E-state index contributed by atoms with van der Waals surface area (Å²) < 4.78 is 0. The van der Waals surface area contributed by atoms with E-state index in [9.17, 15) is 0 Å². The summed E-state index contributed by atoms with van der Waals surface area (Å²) in [7, 11) is 1.96. The Morgan fingerprint density at radius 3 is 2.62 bits per heavy atom. The number of rotatable bonds is 3. The van der Waals surface area contributed by atoms with E-state index in [4.69, 9.17) is 4.98 Å². The first-order valence-corrected chi connectivity index (χ1v) is 7.14. The fraction of sp³-hybridized carbons (Fsp3) is 0.222. The summed E-state index contributed by atoms with van der Waals surface area (Å²) in [5.41, 5.74) is 5.61. The van der Waals surface area contributed by atoms with E-state index in [1.165, 1.54) is 10.9 Å². The summed E-state index contributed by atoms with van der Waals surface area (Å²) >= 11 is 0. The van der Waals surface area contributed by atoms with Crippen molar-refractivity contribution in [3.63, 3.8) is 0 Å². The molecule has 3 aromatic rings. The number of benzene rings is 1. The molecule has 3 rings (SSSR count). The lowest BCUT2D eigenvalue weighted by atomic mass is 10.0. The van der Waals surface area contributed by atoms with Gasteiger partial charge in [0.05, 0.1) is 17.3 Å². The Bertz CT molecular complexity index is 780. The van der Waals surface area contributed by atoms with Crippen LogP contribution < -0.4 is 5.32 Å². The predicted molar refractivity (Wildman–Crippen MR) is 86.4 cm³/mol. The van der Waals surface area contributed by atoms with E-state index in [1.807, 2.05) is 25.5 Å². The number of aromatic nitrogens is 2. The molecule has 1 unspecified atom stereocenters. The molecule has 3 nitrogen and oxygen atoms in total. The van der Waals surface area contributed by atoms with Gasteiger partial charge < -0.3 is 5.32 Å². The number of nitrogens with one attached hydrogen (secondary N) is 1. The van der Waals surface area contributed by atoms with Gasteiger partial charge in [0, 0.05) is 17.8 Å². The Morgan fingerprint density at radius 2 is 1.86 bits per heavy atom. The fourth-order valence-corrected chi connectivity index (χ4v) is 2.74. The van der Waals surface area contributed by atoms with Gasteiger partial charge in [0.25, 0.3) is 0 Å². The summed E-state index contributed by atoms with van der Waals surface area (Å²) in [5, 5.41) is 4.56. The van der Waals surface area contributed by atoms with Gasteiger partial charge in [0.2, 0.25) is 0 Å².